The number of thiazole rings is 1. The fourth-order valence-electron chi connectivity index (χ4n) is 1.64. The zero-order valence-corrected chi connectivity index (χ0v) is 14.2. The first kappa shape index (κ1) is 16.5. The van der Waals surface area contributed by atoms with Crippen molar-refractivity contribution in [1.29, 1.82) is 0 Å². The first-order valence-corrected chi connectivity index (χ1v) is 9.07. The Morgan fingerprint density at radius 2 is 2.10 bits per heavy atom. The lowest BCUT2D eigenvalue weighted by molar-refractivity contribution is 0.581. The van der Waals surface area contributed by atoms with Gasteiger partial charge in [0, 0.05) is 24.0 Å². The van der Waals surface area contributed by atoms with Crippen molar-refractivity contribution in [3.05, 3.63) is 38.3 Å². The van der Waals surface area contributed by atoms with Crippen molar-refractivity contribution in [2.45, 2.75) is 18.2 Å². The van der Waals surface area contributed by atoms with Gasteiger partial charge in [0.05, 0.1) is 20.7 Å². The smallest absolute Gasteiger partial charge is 0.242 e. The van der Waals surface area contributed by atoms with E-state index in [0.717, 1.165) is 10.7 Å². The number of nitrogens with zero attached hydrogens (tertiary/aromatic N) is 1. The molecule has 2 aromatic rings. The maximum absolute atomic E-state index is 12.2. The van der Waals surface area contributed by atoms with E-state index in [-0.39, 0.29) is 27.2 Å². The Kier molecular flexibility index (Phi) is 5.11. The number of hydrogen-bond donors (Lipinski definition) is 2. The molecule has 1 heterocycles. The number of hydrogen-bond acceptors (Lipinski definition) is 5. The number of aromatic nitrogens is 1. The molecule has 0 fully saturated rings. The van der Waals surface area contributed by atoms with Crippen molar-refractivity contribution in [3.8, 4) is 0 Å². The molecule has 114 valence electrons. The number of halogens is 2. The van der Waals surface area contributed by atoms with Crippen molar-refractivity contribution in [1.82, 2.24) is 9.71 Å². The van der Waals surface area contributed by atoms with Gasteiger partial charge in [-0.15, -0.1) is 11.3 Å². The van der Waals surface area contributed by atoms with E-state index >= 15 is 0 Å². The number of nitrogen functional groups attached to an aromatic ring is 1. The molecule has 0 radical (unpaired) electrons. The lowest BCUT2D eigenvalue weighted by atomic mass is 10.3. The summed E-state index contributed by atoms with van der Waals surface area (Å²) in [6.07, 6.45) is 0.512. The van der Waals surface area contributed by atoms with E-state index in [9.17, 15) is 8.42 Å². The standard InChI is InChI=1S/C12H13Cl2N3O2S2/c1-7-6-20-10(17-7)4-5-16-21(18,19)9-3-2-8(13)12(15)11(9)14/h2-3,6,16H,4-5,15H2,1H3. The number of benzene rings is 1. The molecule has 2 rings (SSSR count). The predicted octanol–water partition coefficient (Wildman–Crippen LogP) is 2.86. The Balaban J connectivity index is 2.10. The Labute approximate surface area is 137 Å². The topological polar surface area (TPSA) is 85.1 Å². The molecule has 3 N–H and O–H groups in total. The third kappa shape index (κ3) is 3.87. The van der Waals surface area contributed by atoms with Crippen LogP contribution in [0.3, 0.4) is 0 Å². The summed E-state index contributed by atoms with van der Waals surface area (Å²) in [7, 11) is -3.74. The molecular weight excluding hydrogens is 353 g/mol. The maximum atomic E-state index is 12.2. The lowest BCUT2D eigenvalue weighted by Crippen LogP contribution is -2.26. The van der Waals surface area contributed by atoms with Crippen molar-refractivity contribution in [2.75, 3.05) is 12.3 Å². The van der Waals surface area contributed by atoms with E-state index in [4.69, 9.17) is 28.9 Å². The van der Waals surface area contributed by atoms with Gasteiger partial charge in [0.1, 0.15) is 4.90 Å². The fourth-order valence-corrected chi connectivity index (χ4v) is 4.22. The van der Waals surface area contributed by atoms with Crippen LogP contribution in [0.25, 0.3) is 0 Å². The number of nitrogens with two attached hydrogens (primary N) is 1. The largest absolute Gasteiger partial charge is 0.396 e. The SMILES string of the molecule is Cc1csc(CCNS(=O)(=O)c2ccc(Cl)c(N)c2Cl)n1. The Hall–Kier alpha value is -0.860. The third-order valence-electron chi connectivity index (χ3n) is 2.68. The molecule has 0 atom stereocenters. The second-order valence-corrected chi connectivity index (χ2v) is 7.77. The minimum absolute atomic E-state index is 0.0526. The van der Waals surface area contributed by atoms with E-state index in [1.54, 1.807) is 0 Å². The summed E-state index contributed by atoms with van der Waals surface area (Å²) in [4.78, 5) is 4.18. The first-order chi connectivity index (χ1) is 9.81. The minimum Gasteiger partial charge on any atom is -0.396 e. The van der Waals surface area contributed by atoms with E-state index in [1.807, 2.05) is 12.3 Å². The van der Waals surface area contributed by atoms with Crippen molar-refractivity contribution in [2.24, 2.45) is 0 Å². The molecular formula is C12H13Cl2N3O2S2. The zero-order valence-electron chi connectivity index (χ0n) is 11.1. The number of aryl methyl sites for hydroxylation is 1. The normalized spacial score (nSPS) is 11.8. The van der Waals surface area contributed by atoms with Crippen molar-refractivity contribution < 1.29 is 8.42 Å². The van der Waals surface area contributed by atoms with Crippen molar-refractivity contribution >= 4 is 50.2 Å². The van der Waals surface area contributed by atoms with Gasteiger partial charge in [0.25, 0.3) is 0 Å². The fraction of sp³-hybridized carbons (Fsp3) is 0.250. The van der Waals surface area contributed by atoms with Gasteiger partial charge in [-0.1, -0.05) is 23.2 Å². The molecule has 0 bridgehead atoms. The monoisotopic (exact) mass is 365 g/mol. The Morgan fingerprint density at radius 1 is 1.38 bits per heavy atom. The summed E-state index contributed by atoms with van der Waals surface area (Å²) in [5, 5.41) is 2.94. The van der Waals surface area contributed by atoms with Crippen molar-refractivity contribution in [3.63, 3.8) is 0 Å². The average Bonchev–Trinajstić information content (AvgIpc) is 2.81. The molecule has 0 unspecified atom stereocenters. The molecule has 0 aliphatic heterocycles. The highest BCUT2D eigenvalue weighted by molar-refractivity contribution is 7.89. The molecule has 0 saturated heterocycles. The number of sulfonamides is 1. The highest BCUT2D eigenvalue weighted by atomic mass is 35.5. The van der Waals surface area contributed by atoms with Gasteiger partial charge in [0.15, 0.2) is 0 Å². The summed E-state index contributed by atoms with van der Waals surface area (Å²) >= 11 is 13.2. The molecule has 0 amide bonds. The number of rotatable bonds is 5. The zero-order chi connectivity index (χ0) is 15.6. The second kappa shape index (κ2) is 6.50. The van der Waals surface area contributed by atoms with Crippen LogP contribution in [0.4, 0.5) is 5.69 Å². The van der Waals surface area contributed by atoms with Crippen LogP contribution in [0.5, 0.6) is 0 Å². The highest BCUT2D eigenvalue weighted by Gasteiger charge is 2.20. The second-order valence-electron chi connectivity index (χ2n) is 4.30. The highest BCUT2D eigenvalue weighted by Crippen LogP contribution is 2.32. The molecule has 0 aliphatic rings. The van der Waals surface area contributed by atoms with Gasteiger partial charge in [-0.25, -0.2) is 18.1 Å². The summed E-state index contributed by atoms with van der Waals surface area (Å²) in [6.45, 7) is 2.12. The average molecular weight is 366 g/mol. The Bertz CT molecular complexity index is 760. The molecule has 1 aromatic heterocycles. The van der Waals surface area contributed by atoms with Gasteiger partial charge >= 0.3 is 0 Å². The van der Waals surface area contributed by atoms with Crippen LogP contribution in [-0.2, 0) is 16.4 Å². The molecule has 0 spiro atoms. The lowest BCUT2D eigenvalue weighted by Gasteiger charge is -2.10. The van der Waals surface area contributed by atoms with Gasteiger partial charge in [-0.05, 0) is 19.1 Å². The molecule has 5 nitrogen and oxygen atoms in total. The molecule has 1 aromatic carbocycles. The number of anilines is 1. The van der Waals surface area contributed by atoms with E-state index in [2.05, 4.69) is 9.71 Å². The van der Waals surface area contributed by atoms with E-state index in [0.29, 0.717) is 6.42 Å². The van der Waals surface area contributed by atoms with E-state index < -0.39 is 10.0 Å². The van der Waals surface area contributed by atoms with Gasteiger partial charge in [-0.2, -0.15) is 0 Å². The van der Waals surface area contributed by atoms with Crippen LogP contribution in [0.2, 0.25) is 10.0 Å². The van der Waals surface area contributed by atoms with Gasteiger partial charge in [0.2, 0.25) is 10.0 Å². The summed E-state index contributed by atoms with van der Waals surface area (Å²) in [6, 6.07) is 2.73. The van der Waals surface area contributed by atoms with E-state index in [1.165, 1.54) is 23.5 Å². The minimum atomic E-state index is -3.74. The van der Waals surface area contributed by atoms with Gasteiger partial charge in [-0.3, -0.25) is 0 Å². The molecule has 21 heavy (non-hydrogen) atoms. The van der Waals surface area contributed by atoms with Gasteiger partial charge < -0.3 is 5.73 Å². The third-order valence-corrected chi connectivity index (χ3v) is 6.06. The Morgan fingerprint density at radius 3 is 2.71 bits per heavy atom. The van der Waals surface area contributed by atoms with Crippen LogP contribution in [0.1, 0.15) is 10.7 Å². The quantitative estimate of drug-likeness (QED) is 0.797. The van der Waals surface area contributed by atoms with Crippen LogP contribution < -0.4 is 10.5 Å². The summed E-state index contributed by atoms with van der Waals surface area (Å²) in [5.41, 5.74) is 6.61. The predicted molar refractivity (Wildman–Crippen MR) is 86.6 cm³/mol. The molecule has 0 saturated carbocycles. The van der Waals surface area contributed by atoms with Crippen LogP contribution in [0, 0.1) is 6.92 Å². The first-order valence-electron chi connectivity index (χ1n) is 5.95. The molecule has 9 heteroatoms. The molecule has 0 aliphatic carbocycles. The summed E-state index contributed by atoms with van der Waals surface area (Å²) in [5.74, 6) is 0. The van der Waals surface area contributed by atoms with Crippen LogP contribution in [-0.4, -0.2) is 19.9 Å². The summed E-state index contributed by atoms with van der Waals surface area (Å²) < 4.78 is 26.9. The van der Waals surface area contributed by atoms with Crippen LogP contribution in [0.15, 0.2) is 22.4 Å². The number of nitrogens with one attached hydrogen (secondary N) is 1. The van der Waals surface area contributed by atoms with Crippen LogP contribution >= 0.6 is 34.5 Å². The maximum Gasteiger partial charge on any atom is 0.242 e.